The first-order valence-electron chi connectivity index (χ1n) is 11.6. The lowest BCUT2D eigenvalue weighted by molar-refractivity contribution is 0.0776. The Morgan fingerprint density at radius 3 is 2.46 bits per heavy atom. The number of carbonyl (C=O) groups is 1. The number of hydrogen-bond donors (Lipinski definition) is 1. The number of methoxy groups -OCH3 is 2. The molecule has 0 aliphatic heterocycles. The summed E-state index contributed by atoms with van der Waals surface area (Å²) in [7, 11) is 4.78. The molecule has 0 bridgehead atoms. The van der Waals surface area contributed by atoms with E-state index in [2.05, 4.69) is 15.1 Å². The van der Waals surface area contributed by atoms with E-state index in [4.69, 9.17) is 9.47 Å². The van der Waals surface area contributed by atoms with Crippen molar-refractivity contribution < 1.29 is 14.3 Å². The first-order valence-corrected chi connectivity index (χ1v) is 11.6. The van der Waals surface area contributed by atoms with Gasteiger partial charge in [-0.15, -0.1) is 0 Å². The van der Waals surface area contributed by atoms with Gasteiger partial charge in [0.1, 0.15) is 5.82 Å². The molecule has 0 spiro atoms. The summed E-state index contributed by atoms with van der Waals surface area (Å²) in [5.74, 6) is 1.18. The van der Waals surface area contributed by atoms with Gasteiger partial charge >= 0.3 is 0 Å². The molecule has 9 heteroatoms. The summed E-state index contributed by atoms with van der Waals surface area (Å²) >= 11 is 0. The minimum absolute atomic E-state index is 0.0997. The van der Waals surface area contributed by atoms with Crippen LogP contribution in [0.25, 0.3) is 27.7 Å². The lowest BCUT2D eigenvalue weighted by atomic mass is 10.0. The molecule has 1 amide bonds. The van der Waals surface area contributed by atoms with Crippen molar-refractivity contribution in [3.05, 3.63) is 101 Å². The van der Waals surface area contributed by atoms with Crippen molar-refractivity contribution in [3.8, 4) is 28.3 Å². The Labute approximate surface area is 212 Å². The lowest BCUT2D eigenvalue weighted by Crippen LogP contribution is -2.29. The van der Waals surface area contributed by atoms with E-state index in [1.54, 1.807) is 50.2 Å². The van der Waals surface area contributed by atoms with Crippen molar-refractivity contribution in [2.24, 2.45) is 0 Å². The lowest BCUT2D eigenvalue weighted by Gasteiger charge is -2.16. The molecule has 0 unspecified atom stereocenters. The number of hydrogen-bond acceptors (Lipinski definition) is 6. The molecule has 2 aromatic heterocycles. The second-order valence-electron chi connectivity index (χ2n) is 8.43. The molecule has 1 N–H and O–H groups in total. The summed E-state index contributed by atoms with van der Waals surface area (Å²) in [5.41, 5.74) is 2.76. The predicted octanol–water partition coefficient (Wildman–Crippen LogP) is 4.07. The second-order valence-corrected chi connectivity index (χ2v) is 8.43. The Morgan fingerprint density at radius 1 is 0.973 bits per heavy atom. The molecule has 5 rings (SSSR count). The van der Waals surface area contributed by atoms with Crippen LogP contribution in [0.3, 0.4) is 0 Å². The number of fused-ring (bicyclic) bond motifs is 1. The van der Waals surface area contributed by atoms with Crippen molar-refractivity contribution in [3.63, 3.8) is 0 Å². The zero-order chi connectivity index (χ0) is 25.9. The van der Waals surface area contributed by atoms with Gasteiger partial charge in [-0.3, -0.25) is 9.59 Å². The van der Waals surface area contributed by atoms with Crippen LogP contribution >= 0.6 is 0 Å². The summed E-state index contributed by atoms with van der Waals surface area (Å²) in [5, 5.41) is 5.14. The van der Waals surface area contributed by atoms with Gasteiger partial charge in [-0.25, -0.2) is 9.67 Å². The van der Waals surface area contributed by atoms with Crippen LogP contribution in [0.5, 0.6) is 11.5 Å². The van der Waals surface area contributed by atoms with Crippen LogP contribution in [0.4, 0.5) is 0 Å². The number of aromatic amines is 1. The molecule has 3 aromatic carbocycles. The third-order valence-corrected chi connectivity index (χ3v) is 6.03. The molecule has 186 valence electrons. The van der Waals surface area contributed by atoms with Gasteiger partial charge in [0.05, 0.1) is 37.4 Å². The molecule has 2 heterocycles. The smallest absolute Gasteiger partial charge is 0.275 e. The van der Waals surface area contributed by atoms with Gasteiger partial charge in [0.25, 0.3) is 11.5 Å². The van der Waals surface area contributed by atoms with Crippen LogP contribution in [-0.4, -0.2) is 51.8 Å². The number of aromatic nitrogens is 4. The average molecular weight is 496 g/mol. The number of carbonyl (C=O) groups excluding carboxylic acids is 1. The van der Waals surface area contributed by atoms with Crippen molar-refractivity contribution in [2.75, 3.05) is 21.3 Å². The molecule has 37 heavy (non-hydrogen) atoms. The highest BCUT2D eigenvalue weighted by atomic mass is 16.5. The molecular weight excluding hydrogens is 470 g/mol. The van der Waals surface area contributed by atoms with Gasteiger partial charge in [-0.2, -0.15) is 5.10 Å². The Bertz CT molecular complexity index is 1640. The molecule has 0 aliphatic carbocycles. The van der Waals surface area contributed by atoms with Gasteiger partial charge in [-0.05, 0) is 42.0 Å². The number of rotatable bonds is 7. The summed E-state index contributed by atoms with van der Waals surface area (Å²) in [4.78, 5) is 35.0. The Kier molecular flexibility index (Phi) is 6.42. The maximum Gasteiger partial charge on any atom is 0.275 e. The number of H-pyrrole nitrogens is 1. The summed E-state index contributed by atoms with van der Waals surface area (Å²) in [6.07, 6.45) is 1.81. The fourth-order valence-corrected chi connectivity index (χ4v) is 4.15. The minimum atomic E-state index is -0.324. The Hall–Kier alpha value is -4.92. The first kappa shape index (κ1) is 23.8. The van der Waals surface area contributed by atoms with Crippen molar-refractivity contribution in [1.82, 2.24) is 24.6 Å². The van der Waals surface area contributed by atoms with Crippen LogP contribution in [-0.2, 0) is 6.54 Å². The zero-order valence-corrected chi connectivity index (χ0v) is 20.6. The van der Waals surface area contributed by atoms with Crippen molar-refractivity contribution in [2.45, 2.75) is 6.54 Å². The maximum atomic E-state index is 13.7. The van der Waals surface area contributed by atoms with E-state index in [-0.39, 0.29) is 23.7 Å². The Balaban J connectivity index is 1.54. The van der Waals surface area contributed by atoms with Crippen LogP contribution in [0.15, 0.2) is 83.8 Å². The van der Waals surface area contributed by atoms with Crippen molar-refractivity contribution >= 4 is 16.8 Å². The number of benzene rings is 3. The monoisotopic (exact) mass is 495 g/mol. The highest BCUT2D eigenvalue weighted by Gasteiger charge is 2.23. The normalized spacial score (nSPS) is 10.9. The minimum Gasteiger partial charge on any atom is -0.493 e. The molecule has 0 saturated carbocycles. The highest BCUT2D eigenvalue weighted by molar-refractivity contribution is 5.99. The van der Waals surface area contributed by atoms with Crippen LogP contribution in [0, 0.1) is 0 Å². The molecule has 9 nitrogen and oxygen atoms in total. The van der Waals surface area contributed by atoms with E-state index in [0.717, 1.165) is 11.3 Å². The second kappa shape index (κ2) is 9.98. The molecule has 0 atom stereocenters. The van der Waals surface area contributed by atoms with Crippen molar-refractivity contribution in [1.29, 1.82) is 0 Å². The summed E-state index contributed by atoms with van der Waals surface area (Å²) in [6, 6.07) is 22.1. The van der Waals surface area contributed by atoms with Gasteiger partial charge in [-0.1, -0.05) is 36.4 Å². The van der Waals surface area contributed by atoms with Crippen LogP contribution in [0.1, 0.15) is 16.3 Å². The number of para-hydroxylation sites is 2. The van der Waals surface area contributed by atoms with E-state index in [9.17, 15) is 9.59 Å². The predicted molar refractivity (Wildman–Crippen MR) is 140 cm³/mol. The number of amides is 1. The highest BCUT2D eigenvalue weighted by Crippen LogP contribution is 2.34. The van der Waals surface area contributed by atoms with Crippen LogP contribution in [0.2, 0.25) is 0 Å². The average Bonchev–Trinajstić information content (AvgIpc) is 3.38. The van der Waals surface area contributed by atoms with Gasteiger partial charge in [0, 0.05) is 18.8 Å². The molecule has 0 fully saturated rings. The van der Waals surface area contributed by atoms with Gasteiger partial charge < -0.3 is 19.4 Å². The van der Waals surface area contributed by atoms with Gasteiger partial charge in [0.15, 0.2) is 17.2 Å². The molecule has 0 aliphatic rings. The van der Waals surface area contributed by atoms with E-state index in [0.29, 0.717) is 33.8 Å². The number of nitrogens with one attached hydrogen (secondary N) is 1. The maximum absolute atomic E-state index is 13.7. The molecule has 0 saturated heterocycles. The van der Waals surface area contributed by atoms with Crippen LogP contribution < -0.4 is 15.0 Å². The first-order chi connectivity index (χ1) is 18.0. The molecular formula is C28H25N5O4. The Morgan fingerprint density at radius 2 is 1.70 bits per heavy atom. The molecule has 0 radical (unpaired) electrons. The topological polar surface area (TPSA) is 102 Å². The van der Waals surface area contributed by atoms with E-state index < -0.39 is 0 Å². The third-order valence-electron chi connectivity index (χ3n) is 6.03. The number of ether oxygens (including phenoxy) is 2. The molecule has 5 aromatic rings. The zero-order valence-electron chi connectivity index (χ0n) is 20.6. The SMILES string of the molecule is COc1ccc(-c2cn(-c3ccccc3)nc2C(=O)N(C)Cc2nc3ccccc3c(=O)[nH]2)cc1OC. The summed E-state index contributed by atoms with van der Waals surface area (Å²) in [6.45, 7) is 0.0997. The van der Waals surface area contributed by atoms with E-state index in [1.807, 2.05) is 54.7 Å². The fraction of sp³-hybridized carbons (Fsp3) is 0.143. The van der Waals surface area contributed by atoms with Gasteiger partial charge in [0.2, 0.25) is 0 Å². The van der Waals surface area contributed by atoms with E-state index in [1.165, 1.54) is 4.90 Å². The standard InChI is InChI=1S/C28H25N5O4/c1-32(17-25-29-22-12-8-7-11-20(22)27(34)30-25)28(35)26-21(16-33(31-26)19-9-5-4-6-10-19)18-13-14-23(36-2)24(15-18)37-3/h4-16H,17H2,1-3H3,(H,29,30,34). The largest absolute Gasteiger partial charge is 0.493 e. The number of nitrogens with zero attached hydrogens (tertiary/aromatic N) is 4. The quantitative estimate of drug-likeness (QED) is 0.365. The fourth-order valence-electron chi connectivity index (χ4n) is 4.15. The third kappa shape index (κ3) is 4.66. The summed E-state index contributed by atoms with van der Waals surface area (Å²) < 4.78 is 12.5. The van der Waals surface area contributed by atoms with E-state index >= 15 is 0 Å².